The van der Waals surface area contributed by atoms with Crippen molar-refractivity contribution in [1.29, 1.82) is 0 Å². The lowest BCUT2D eigenvalue weighted by molar-refractivity contribution is 0.386. The number of nitrogens with zero attached hydrogens (tertiary/aromatic N) is 1. The second kappa shape index (κ2) is 10.7. The quantitative estimate of drug-likeness (QED) is 0.536. The molecule has 0 aliphatic rings. The van der Waals surface area contributed by atoms with Gasteiger partial charge in [-0.3, -0.25) is 9.20 Å². The van der Waals surface area contributed by atoms with Gasteiger partial charge in [0, 0.05) is 17.2 Å². The predicted molar refractivity (Wildman–Crippen MR) is 108 cm³/mol. The maximum absolute atomic E-state index is 13.9. The lowest BCUT2D eigenvalue weighted by atomic mass is 10.1. The fourth-order valence-electron chi connectivity index (χ4n) is 2.49. The Bertz CT molecular complexity index is 784. The molecule has 5 nitrogen and oxygen atoms in total. The number of rotatable bonds is 8. The molecule has 0 spiro atoms. The summed E-state index contributed by atoms with van der Waals surface area (Å²) < 4.78 is 31.1. The maximum atomic E-state index is 13.9. The molecule has 0 amide bonds. The molecule has 0 bridgehead atoms. The van der Waals surface area contributed by atoms with E-state index in [1.54, 1.807) is 6.07 Å². The lowest BCUT2D eigenvalue weighted by Crippen LogP contribution is -2.39. The van der Waals surface area contributed by atoms with Crippen molar-refractivity contribution in [3.63, 3.8) is 0 Å². The highest BCUT2D eigenvalue weighted by molar-refractivity contribution is 7.85. The minimum absolute atomic E-state index is 0.150. The Hall–Kier alpha value is -2.41. The van der Waals surface area contributed by atoms with Crippen molar-refractivity contribution in [3.8, 4) is 5.75 Å². The summed E-state index contributed by atoms with van der Waals surface area (Å²) in [5.41, 5.74) is 0.784. The largest absolute Gasteiger partial charge is 0.494 e. The molecule has 0 radical (unpaired) electrons. The van der Waals surface area contributed by atoms with Gasteiger partial charge in [0.25, 0.3) is 0 Å². The minimum Gasteiger partial charge on any atom is -0.494 e. The van der Waals surface area contributed by atoms with Crippen molar-refractivity contribution in [2.45, 2.75) is 24.8 Å². The van der Waals surface area contributed by atoms with Crippen LogP contribution in [0, 0.1) is 5.82 Å². The van der Waals surface area contributed by atoms with Crippen LogP contribution in [0.4, 0.5) is 4.39 Å². The zero-order chi connectivity index (χ0) is 19.6. The zero-order valence-corrected chi connectivity index (χ0v) is 16.7. The minimum atomic E-state index is -1.09. The van der Waals surface area contributed by atoms with E-state index in [0.29, 0.717) is 24.8 Å². The Morgan fingerprint density at radius 2 is 2.00 bits per heavy atom. The number of hydrogen-bond acceptors (Lipinski definition) is 3. The van der Waals surface area contributed by atoms with E-state index < -0.39 is 16.6 Å². The van der Waals surface area contributed by atoms with Gasteiger partial charge in [-0.1, -0.05) is 24.3 Å². The first-order valence-electron chi connectivity index (χ1n) is 8.86. The summed E-state index contributed by atoms with van der Waals surface area (Å²) in [6.07, 6.45) is 0. The van der Waals surface area contributed by atoms with Crippen LogP contribution in [0.15, 0.2) is 58.4 Å². The summed E-state index contributed by atoms with van der Waals surface area (Å²) in [6, 6.07) is 14.1. The number of nitrogens with one attached hydrogen (secondary N) is 2. The number of benzene rings is 2. The standard InChI is InChI=1S/C20H26FN3O2S/c1-4-22-20(23-12-13-27(25)17-8-6-5-7-9-17)24-15(2)16-10-11-19(26-3)18(21)14-16/h5-11,14-15H,4,12-13H2,1-3H3,(H2,22,23,24). The molecule has 0 fully saturated rings. The van der Waals surface area contributed by atoms with E-state index in [-0.39, 0.29) is 11.8 Å². The smallest absolute Gasteiger partial charge is 0.191 e. The Morgan fingerprint density at radius 1 is 1.26 bits per heavy atom. The monoisotopic (exact) mass is 391 g/mol. The fraction of sp³-hybridized carbons (Fsp3) is 0.350. The normalized spacial score (nSPS) is 13.7. The zero-order valence-electron chi connectivity index (χ0n) is 15.9. The summed E-state index contributed by atoms with van der Waals surface area (Å²) in [7, 11) is 0.354. The summed E-state index contributed by atoms with van der Waals surface area (Å²) in [4.78, 5) is 5.28. The number of hydrogen-bond donors (Lipinski definition) is 2. The highest BCUT2D eigenvalue weighted by Gasteiger charge is 2.11. The van der Waals surface area contributed by atoms with Gasteiger partial charge in [0.05, 0.1) is 30.5 Å². The van der Waals surface area contributed by atoms with Crippen LogP contribution in [0.25, 0.3) is 0 Å². The Morgan fingerprint density at radius 3 is 2.63 bits per heavy atom. The molecule has 0 aliphatic heterocycles. The van der Waals surface area contributed by atoms with E-state index in [0.717, 1.165) is 10.5 Å². The van der Waals surface area contributed by atoms with Crippen LogP contribution in [0.3, 0.4) is 0 Å². The van der Waals surface area contributed by atoms with Crippen molar-refractivity contribution < 1.29 is 13.3 Å². The molecule has 146 valence electrons. The van der Waals surface area contributed by atoms with Crippen molar-refractivity contribution in [2.75, 3.05) is 26.0 Å². The number of methoxy groups -OCH3 is 1. The molecule has 0 saturated carbocycles. The van der Waals surface area contributed by atoms with Crippen LogP contribution in [-0.4, -0.2) is 36.1 Å². The molecule has 27 heavy (non-hydrogen) atoms. The van der Waals surface area contributed by atoms with E-state index in [1.807, 2.05) is 50.2 Å². The molecular formula is C20H26FN3O2S. The van der Waals surface area contributed by atoms with Crippen LogP contribution in [0.1, 0.15) is 25.5 Å². The summed E-state index contributed by atoms with van der Waals surface area (Å²) >= 11 is 0. The summed E-state index contributed by atoms with van der Waals surface area (Å²) in [5, 5.41) is 6.40. The lowest BCUT2D eigenvalue weighted by Gasteiger charge is -2.18. The first kappa shape index (κ1) is 20.9. The molecule has 2 aromatic rings. The highest BCUT2D eigenvalue weighted by Crippen LogP contribution is 2.21. The van der Waals surface area contributed by atoms with Gasteiger partial charge >= 0.3 is 0 Å². The van der Waals surface area contributed by atoms with E-state index in [1.165, 1.54) is 13.2 Å². The summed E-state index contributed by atoms with van der Waals surface area (Å²) in [5.74, 6) is 0.858. The first-order valence-corrected chi connectivity index (χ1v) is 10.2. The van der Waals surface area contributed by atoms with Gasteiger partial charge in [0.2, 0.25) is 0 Å². The molecule has 0 aliphatic carbocycles. The van der Waals surface area contributed by atoms with Crippen LogP contribution in [0.5, 0.6) is 5.75 Å². The third-order valence-corrected chi connectivity index (χ3v) is 5.28. The van der Waals surface area contributed by atoms with Gasteiger partial charge in [-0.2, -0.15) is 0 Å². The number of aliphatic imine (C=N–C) groups is 1. The molecule has 0 heterocycles. The van der Waals surface area contributed by atoms with Crippen molar-refractivity contribution in [1.82, 2.24) is 10.6 Å². The fourth-order valence-corrected chi connectivity index (χ4v) is 3.44. The third kappa shape index (κ3) is 6.36. The SMILES string of the molecule is CCNC(=NCCS(=O)c1ccccc1)NC(C)c1ccc(OC)c(F)c1. The molecule has 2 N–H and O–H groups in total. The van der Waals surface area contributed by atoms with Crippen molar-refractivity contribution in [2.24, 2.45) is 4.99 Å². The van der Waals surface area contributed by atoms with Crippen molar-refractivity contribution >= 4 is 16.8 Å². The Kier molecular flexibility index (Phi) is 8.26. The van der Waals surface area contributed by atoms with E-state index >= 15 is 0 Å². The average Bonchev–Trinajstić information content (AvgIpc) is 2.68. The number of guanidine groups is 1. The predicted octanol–water partition coefficient (Wildman–Crippen LogP) is 3.26. The van der Waals surface area contributed by atoms with Gasteiger partial charge < -0.3 is 15.4 Å². The number of ether oxygens (including phenoxy) is 1. The Labute approximate surface area is 162 Å². The second-order valence-electron chi connectivity index (χ2n) is 5.88. The van der Waals surface area contributed by atoms with Crippen LogP contribution < -0.4 is 15.4 Å². The highest BCUT2D eigenvalue weighted by atomic mass is 32.2. The van der Waals surface area contributed by atoms with Crippen LogP contribution >= 0.6 is 0 Å². The summed E-state index contributed by atoms with van der Waals surface area (Å²) in [6.45, 7) is 5.01. The third-order valence-electron chi connectivity index (χ3n) is 3.93. The van der Waals surface area contributed by atoms with Gasteiger partial charge in [-0.15, -0.1) is 0 Å². The molecule has 7 heteroatoms. The first-order chi connectivity index (χ1) is 13.0. The molecule has 2 atom stereocenters. The average molecular weight is 392 g/mol. The van der Waals surface area contributed by atoms with Crippen LogP contribution in [0.2, 0.25) is 0 Å². The second-order valence-corrected chi connectivity index (χ2v) is 7.45. The van der Waals surface area contributed by atoms with Crippen LogP contribution in [-0.2, 0) is 10.8 Å². The van der Waals surface area contributed by atoms with Gasteiger partial charge in [0.1, 0.15) is 0 Å². The van der Waals surface area contributed by atoms with E-state index in [4.69, 9.17) is 4.74 Å². The maximum Gasteiger partial charge on any atom is 0.191 e. The van der Waals surface area contributed by atoms with Gasteiger partial charge in [0.15, 0.2) is 17.5 Å². The molecule has 2 aromatic carbocycles. The van der Waals surface area contributed by atoms with Crippen molar-refractivity contribution in [3.05, 3.63) is 59.9 Å². The van der Waals surface area contributed by atoms with E-state index in [2.05, 4.69) is 15.6 Å². The molecule has 0 aromatic heterocycles. The van der Waals surface area contributed by atoms with Gasteiger partial charge in [-0.25, -0.2) is 4.39 Å². The molecule has 2 rings (SSSR count). The molecule has 0 saturated heterocycles. The Balaban J connectivity index is 1.98. The molecular weight excluding hydrogens is 365 g/mol. The molecule has 2 unspecified atom stereocenters. The van der Waals surface area contributed by atoms with E-state index in [9.17, 15) is 8.60 Å². The number of halogens is 1. The van der Waals surface area contributed by atoms with Gasteiger partial charge in [-0.05, 0) is 43.7 Å². The topological polar surface area (TPSA) is 62.7 Å².